The third kappa shape index (κ3) is 3.41. The molecule has 0 aliphatic carbocycles. The summed E-state index contributed by atoms with van der Waals surface area (Å²) in [5, 5.41) is 17.0. The molecule has 2 rings (SSSR count). The minimum atomic E-state index is -0.977. The Hall–Kier alpha value is -2.15. The van der Waals surface area contributed by atoms with Gasteiger partial charge in [-0.05, 0) is 18.4 Å². The highest BCUT2D eigenvalue weighted by molar-refractivity contribution is 7.10. The summed E-state index contributed by atoms with van der Waals surface area (Å²) in [6.07, 6.45) is -0.177. The number of nitrogens with zero attached hydrogens (tertiary/aromatic N) is 1. The number of carbonyl (C=O) groups excluding carboxylic acids is 1. The van der Waals surface area contributed by atoms with Crippen molar-refractivity contribution in [1.82, 2.24) is 10.5 Å². The molecule has 2 aromatic rings. The predicted octanol–water partition coefficient (Wildman–Crippen LogP) is 1.99. The lowest BCUT2D eigenvalue weighted by Gasteiger charge is -2.14. The molecule has 0 fully saturated rings. The summed E-state index contributed by atoms with van der Waals surface area (Å²) in [6, 6.07) is 4.53. The number of aliphatic carboxylic acids is 1. The number of aromatic nitrogens is 1. The zero-order valence-electron chi connectivity index (χ0n) is 10.1. The van der Waals surface area contributed by atoms with Crippen molar-refractivity contribution in [3.05, 3.63) is 39.9 Å². The molecule has 0 spiro atoms. The van der Waals surface area contributed by atoms with E-state index in [-0.39, 0.29) is 12.1 Å². The number of carboxylic acids is 1. The number of hydrogen-bond acceptors (Lipinski definition) is 5. The van der Waals surface area contributed by atoms with Crippen LogP contribution >= 0.6 is 11.3 Å². The third-order valence-corrected chi connectivity index (χ3v) is 3.42. The summed E-state index contributed by atoms with van der Waals surface area (Å²) in [5.41, 5.74) is 0.143. The van der Waals surface area contributed by atoms with Gasteiger partial charge in [-0.2, -0.15) is 0 Å². The van der Waals surface area contributed by atoms with Gasteiger partial charge in [0.05, 0.1) is 12.5 Å². The number of carboxylic acid groups (broad SMARTS) is 1. The van der Waals surface area contributed by atoms with Gasteiger partial charge in [0.2, 0.25) is 0 Å². The van der Waals surface area contributed by atoms with Crippen LogP contribution in [0.15, 0.2) is 28.1 Å². The molecule has 1 amide bonds. The monoisotopic (exact) mass is 280 g/mol. The number of carbonyl (C=O) groups is 2. The van der Waals surface area contributed by atoms with Crippen molar-refractivity contribution < 1.29 is 19.2 Å². The van der Waals surface area contributed by atoms with E-state index < -0.39 is 17.9 Å². The van der Waals surface area contributed by atoms with Gasteiger partial charge < -0.3 is 14.9 Å². The largest absolute Gasteiger partial charge is 0.481 e. The van der Waals surface area contributed by atoms with Gasteiger partial charge in [0.15, 0.2) is 5.69 Å². The van der Waals surface area contributed by atoms with Crippen molar-refractivity contribution in [3.8, 4) is 0 Å². The Morgan fingerprint density at radius 1 is 1.58 bits per heavy atom. The average molecular weight is 280 g/mol. The fraction of sp³-hybridized carbons (Fsp3) is 0.250. The Balaban J connectivity index is 2.12. The topological polar surface area (TPSA) is 92.4 Å². The van der Waals surface area contributed by atoms with Gasteiger partial charge in [-0.3, -0.25) is 9.59 Å². The maximum atomic E-state index is 11.9. The van der Waals surface area contributed by atoms with Gasteiger partial charge >= 0.3 is 5.97 Å². The molecule has 1 unspecified atom stereocenters. The number of nitrogens with one attached hydrogen (secondary N) is 1. The second-order valence-electron chi connectivity index (χ2n) is 3.96. The van der Waals surface area contributed by atoms with Crippen LogP contribution in [0.4, 0.5) is 0 Å². The highest BCUT2D eigenvalue weighted by Gasteiger charge is 2.21. The van der Waals surface area contributed by atoms with Crippen molar-refractivity contribution in [2.24, 2.45) is 0 Å². The van der Waals surface area contributed by atoms with Crippen LogP contribution in [0, 0.1) is 6.92 Å². The molecule has 100 valence electrons. The van der Waals surface area contributed by atoms with E-state index in [0.717, 1.165) is 4.88 Å². The summed E-state index contributed by atoms with van der Waals surface area (Å²) in [7, 11) is 0. The van der Waals surface area contributed by atoms with Crippen molar-refractivity contribution >= 4 is 23.2 Å². The summed E-state index contributed by atoms with van der Waals surface area (Å²) in [5.74, 6) is -0.900. The molecule has 19 heavy (non-hydrogen) atoms. The van der Waals surface area contributed by atoms with Crippen LogP contribution in [0.1, 0.15) is 33.6 Å². The maximum Gasteiger partial charge on any atom is 0.305 e. The average Bonchev–Trinajstić information content (AvgIpc) is 2.97. The molecule has 6 nitrogen and oxygen atoms in total. The molecule has 0 aliphatic rings. The molecule has 0 aliphatic heterocycles. The maximum absolute atomic E-state index is 11.9. The van der Waals surface area contributed by atoms with E-state index in [4.69, 9.17) is 9.63 Å². The van der Waals surface area contributed by atoms with Crippen molar-refractivity contribution in [2.45, 2.75) is 19.4 Å². The molecule has 0 aromatic carbocycles. The quantitative estimate of drug-likeness (QED) is 0.873. The first kappa shape index (κ1) is 13.3. The number of rotatable bonds is 5. The minimum absolute atomic E-state index is 0.143. The van der Waals surface area contributed by atoms with Crippen LogP contribution in [-0.2, 0) is 4.79 Å². The molecule has 7 heteroatoms. The van der Waals surface area contributed by atoms with Crippen LogP contribution in [0.5, 0.6) is 0 Å². The predicted molar refractivity (Wildman–Crippen MR) is 68.0 cm³/mol. The van der Waals surface area contributed by atoms with Crippen molar-refractivity contribution in [2.75, 3.05) is 0 Å². The lowest BCUT2D eigenvalue weighted by molar-refractivity contribution is -0.137. The van der Waals surface area contributed by atoms with E-state index in [1.54, 1.807) is 19.1 Å². The Kier molecular flexibility index (Phi) is 3.96. The van der Waals surface area contributed by atoms with Crippen LogP contribution in [0.25, 0.3) is 0 Å². The van der Waals surface area contributed by atoms with Crippen LogP contribution in [0.3, 0.4) is 0 Å². The van der Waals surface area contributed by atoms with Gasteiger partial charge in [0, 0.05) is 10.9 Å². The van der Waals surface area contributed by atoms with Gasteiger partial charge in [0.25, 0.3) is 5.91 Å². The van der Waals surface area contributed by atoms with Gasteiger partial charge in [-0.1, -0.05) is 11.2 Å². The fourth-order valence-electron chi connectivity index (χ4n) is 1.59. The first-order valence-corrected chi connectivity index (χ1v) is 6.43. The molecule has 0 saturated heterocycles. The Labute approximate surface area is 113 Å². The van der Waals surface area contributed by atoms with Gasteiger partial charge in [0.1, 0.15) is 5.76 Å². The molecular weight excluding hydrogens is 268 g/mol. The molecular formula is C12H12N2O4S. The molecule has 2 heterocycles. The summed E-state index contributed by atoms with van der Waals surface area (Å²) in [4.78, 5) is 23.6. The van der Waals surface area contributed by atoms with E-state index in [9.17, 15) is 9.59 Å². The van der Waals surface area contributed by atoms with Gasteiger partial charge in [-0.15, -0.1) is 11.3 Å². The minimum Gasteiger partial charge on any atom is -0.481 e. The molecule has 1 atom stereocenters. The van der Waals surface area contributed by atoms with Crippen molar-refractivity contribution in [1.29, 1.82) is 0 Å². The molecule has 0 bridgehead atoms. The van der Waals surface area contributed by atoms with Crippen LogP contribution in [0.2, 0.25) is 0 Å². The standard InChI is InChI=1S/C12H12N2O4S/c1-7-5-9(14-18-7)12(17)13-8(6-11(15)16)10-3-2-4-19-10/h2-5,8H,6H2,1H3,(H,13,17)(H,15,16). The smallest absolute Gasteiger partial charge is 0.305 e. The Morgan fingerprint density at radius 2 is 2.37 bits per heavy atom. The Morgan fingerprint density at radius 3 is 2.89 bits per heavy atom. The molecule has 0 saturated carbocycles. The summed E-state index contributed by atoms with van der Waals surface area (Å²) < 4.78 is 4.81. The van der Waals surface area contributed by atoms with E-state index in [1.807, 2.05) is 5.38 Å². The van der Waals surface area contributed by atoms with Crippen LogP contribution in [-0.4, -0.2) is 22.1 Å². The summed E-state index contributed by atoms with van der Waals surface area (Å²) >= 11 is 1.39. The molecule has 2 aromatic heterocycles. The number of amides is 1. The van der Waals surface area contributed by atoms with Gasteiger partial charge in [-0.25, -0.2) is 0 Å². The number of hydrogen-bond donors (Lipinski definition) is 2. The lowest BCUT2D eigenvalue weighted by atomic mass is 10.1. The van der Waals surface area contributed by atoms with Crippen LogP contribution < -0.4 is 5.32 Å². The van der Waals surface area contributed by atoms with Crippen molar-refractivity contribution in [3.63, 3.8) is 0 Å². The third-order valence-electron chi connectivity index (χ3n) is 2.43. The highest BCUT2D eigenvalue weighted by Crippen LogP contribution is 2.22. The number of aryl methyl sites for hydroxylation is 1. The first-order chi connectivity index (χ1) is 9.06. The lowest BCUT2D eigenvalue weighted by Crippen LogP contribution is -2.29. The van der Waals surface area contributed by atoms with E-state index in [0.29, 0.717) is 5.76 Å². The second-order valence-corrected chi connectivity index (χ2v) is 4.94. The summed E-state index contributed by atoms with van der Waals surface area (Å²) in [6.45, 7) is 1.68. The highest BCUT2D eigenvalue weighted by atomic mass is 32.1. The van der Waals surface area contributed by atoms with E-state index >= 15 is 0 Å². The Bertz CT molecular complexity index is 576. The first-order valence-electron chi connectivity index (χ1n) is 5.55. The SMILES string of the molecule is Cc1cc(C(=O)NC(CC(=O)O)c2cccs2)no1. The molecule has 2 N–H and O–H groups in total. The zero-order valence-corrected chi connectivity index (χ0v) is 10.9. The fourth-order valence-corrected chi connectivity index (χ4v) is 2.37. The normalized spacial score (nSPS) is 12.1. The van der Waals surface area contributed by atoms with E-state index in [1.165, 1.54) is 17.4 Å². The van der Waals surface area contributed by atoms with E-state index in [2.05, 4.69) is 10.5 Å². The number of thiophene rings is 1. The second kappa shape index (κ2) is 5.66. The zero-order chi connectivity index (χ0) is 13.8. The molecule has 0 radical (unpaired) electrons.